The van der Waals surface area contributed by atoms with Crippen molar-refractivity contribution in [3.63, 3.8) is 0 Å². The molecule has 5 heteroatoms. The van der Waals surface area contributed by atoms with E-state index in [1.54, 1.807) is 19.1 Å². The Hall–Kier alpha value is -2.09. The van der Waals surface area contributed by atoms with Gasteiger partial charge in [-0.2, -0.15) is 5.26 Å². The van der Waals surface area contributed by atoms with Crippen molar-refractivity contribution in [2.45, 2.75) is 33.7 Å². The highest BCUT2D eigenvalue weighted by Gasteiger charge is 2.15. The fraction of sp³-hybridized carbons (Fsp3) is 0.500. The van der Waals surface area contributed by atoms with Crippen molar-refractivity contribution in [3.8, 4) is 6.07 Å². The van der Waals surface area contributed by atoms with E-state index in [0.29, 0.717) is 23.8 Å². The van der Waals surface area contributed by atoms with E-state index in [0.717, 1.165) is 5.69 Å². The Labute approximate surface area is 114 Å². The lowest BCUT2D eigenvalue weighted by atomic mass is 10.2. The van der Waals surface area contributed by atoms with E-state index in [1.165, 1.54) is 0 Å². The summed E-state index contributed by atoms with van der Waals surface area (Å²) in [4.78, 5) is 16.1. The van der Waals surface area contributed by atoms with Crippen LogP contribution in [0.25, 0.3) is 0 Å². The number of carbonyl (C=O) groups excluding carboxylic acids is 1. The maximum atomic E-state index is 11.9. The minimum atomic E-state index is -0.430. The molecule has 0 aliphatic carbocycles. The number of anilines is 1. The zero-order valence-electron chi connectivity index (χ0n) is 11.8. The third-order valence-corrected chi connectivity index (χ3v) is 2.59. The highest BCUT2D eigenvalue weighted by atomic mass is 16.2. The first-order valence-electron chi connectivity index (χ1n) is 6.36. The van der Waals surface area contributed by atoms with Crippen molar-refractivity contribution in [2.75, 3.05) is 11.9 Å². The number of rotatable bonds is 5. The molecule has 1 aromatic heterocycles. The number of hydrogen-bond acceptors (Lipinski definition) is 4. The first-order chi connectivity index (χ1) is 8.93. The maximum absolute atomic E-state index is 11.9. The number of aromatic nitrogens is 1. The minimum absolute atomic E-state index is 0.0964. The SMILES string of the molecule is Cc1ccc(C#N)c(NC(C)C(=O)NCC(C)C)n1. The second kappa shape index (κ2) is 6.74. The minimum Gasteiger partial charge on any atom is -0.358 e. The van der Waals surface area contributed by atoms with Crippen molar-refractivity contribution in [3.05, 3.63) is 23.4 Å². The molecule has 1 amide bonds. The van der Waals surface area contributed by atoms with Gasteiger partial charge in [-0.15, -0.1) is 0 Å². The van der Waals surface area contributed by atoms with Crippen LogP contribution in [0.1, 0.15) is 32.0 Å². The van der Waals surface area contributed by atoms with Crippen molar-refractivity contribution < 1.29 is 4.79 Å². The molecule has 0 bridgehead atoms. The van der Waals surface area contributed by atoms with E-state index >= 15 is 0 Å². The van der Waals surface area contributed by atoms with Crippen molar-refractivity contribution in [1.29, 1.82) is 5.26 Å². The molecule has 0 fully saturated rings. The monoisotopic (exact) mass is 260 g/mol. The predicted molar refractivity (Wildman–Crippen MR) is 74.6 cm³/mol. The van der Waals surface area contributed by atoms with Crippen molar-refractivity contribution in [2.24, 2.45) is 5.92 Å². The van der Waals surface area contributed by atoms with E-state index in [1.807, 2.05) is 20.8 Å². The van der Waals surface area contributed by atoms with Crippen LogP contribution in [-0.2, 0) is 4.79 Å². The summed E-state index contributed by atoms with van der Waals surface area (Å²) in [6, 6.07) is 5.10. The molecule has 1 atom stereocenters. The van der Waals surface area contributed by atoms with E-state index < -0.39 is 6.04 Å². The molecule has 2 N–H and O–H groups in total. The Kier molecular flexibility index (Phi) is 5.31. The lowest BCUT2D eigenvalue weighted by molar-refractivity contribution is -0.121. The van der Waals surface area contributed by atoms with Gasteiger partial charge < -0.3 is 10.6 Å². The van der Waals surface area contributed by atoms with Crippen LogP contribution < -0.4 is 10.6 Å². The molecule has 19 heavy (non-hydrogen) atoms. The predicted octanol–water partition coefficient (Wildman–Crippen LogP) is 1.83. The second-order valence-electron chi connectivity index (χ2n) is 4.97. The molecule has 1 rings (SSSR count). The maximum Gasteiger partial charge on any atom is 0.242 e. The van der Waals surface area contributed by atoms with Gasteiger partial charge in [0.1, 0.15) is 17.9 Å². The third kappa shape index (κ3) is 4.59. The topological polar surface area (TPSA) is 77.8 Å². The number of hydrogen-bond donors (Lipinski definition) is 2. The normalized spacial score (nSPS) is 11.8. The molecule has 102 valence electrons. The van der Waals surface area contributed by atoms with Crippen LogP contribution in [0, 0.1) is 24.2 Å². The summed E-state index contributed by atoms with van der Waals surface area (Å²) in [5, 5.41) is 14.8. The van der Waals surface area contributed by atoms with Crippen LogP contribution >= 0.6 is 0 Å². The summed E-state index contributed by atoms with van der Waals surface area (Å²) in [5.41, 5.74) is 1.24. The molecule has 0 saturated carbocycles. The molecule has 1 unspecified atom stereocenters. The lowest BCUT2D eigenvalue weighted by Crippen LogP contribution is -2.39. The number of nitriles is 1. The number of pyridine rings is 1. The van der Waals surface area contributed by atoms with E-state index in [4.69, 9.17) is 5.26 Å². The summed E-state index contributed by atoms with van der Waals surface area (Å²) in [6.45, 7) is 8.30. The Bertz CT molecular complexity index is 491. The molecular weight excluding hydrogens is 240 g/mol. The van der Waals surface area contributed by atoms with Gasteiger partial charge in [-0.1, -0.05) is 13.8 Å². The Morgan fingerprint density at radius 1 is 1.42 bits per heavy atom. The average molecular weight is 260 g/mol. The van der Waals surface area contributed by atoms with Crippen molar-refractivity contribution in [1.82, 2.24) is 10.3 Å². The molecule has 0 saturated heterocycles. The van der Waals surface area contributed by atoms with E-state index in [2.05, 4.69) is 21.7 Å². The van der Waals surface area contributed by atoms with Crippen LogP contribution in [0.4, 0.5) is 5.82 Å². The third-order valence-electron chi connectivity index (χ3n) is 2.59. The Morgan fingerprint density at radius 2 is 2.11 bits per heavy atom. The Morgan fingerprint density at radius 3 is 2.68 bits per heavy atom. The van der Waals surface area contributed by atoms with Gasteiger partial charge in [0, 0.05) is 12.2 Å². The molecule has 5 nitrogen and oxygen atoms in total. The van der Waals surface area contributed by atoms with Crippen LogP contribution in [-0.4, -0.2) is 23.5 Å². The zero-order valence-corrected chi connectivity index (χ0v) is 11.8. The van der Waals surface area contributed by atoms with Gasteiger partial charge in [0.05, 0.1) is 5.56 Å². The first-order valence-corrected chi connectivity index (χ1v) is 6.36. The van der Waals surface area contributed by atoms with E-state index in [-0.39, 0.29) is 5.91 Å². The van der Waals surface area contributed by atoms with Crippen molar-refractivity contribution >= 4 is 11.7 Å². The molecular formula is C14H20N4O. The van der Waals surface area contributed by atoms with Crippen LogP contribution in [0.3, 0.4) is 0 Å². The van der Waals surface area contributed by atoms with Gasteiger partial charge in [0.15, 0.2) is 0 Å². The molecule has 0 aromatic carbocycles. The Balaban J connectivity index is 2.71. The highest BCUT2D eigenvalue weighted by molar-refractivity contribution is 5.84. The van der Waals surface area contributed by atoms with Gasteiger partial charge in [0.2, 0.25) is 5.91 Å². The molecule has 0 radical (unpaired) electrons. The average Bonchev–Trinajstić information content (AvgIpc) is 2.36. The number of carbonyl (C=O) groups is 1. The molecule has 0 spiro atoms. The number of amides is 1. The molecule has 1 aromatic rings. The van der Waals surface area contributed by atoms with Crippen LogP contribution in [0.5, 0.6) is 0 Å². The summed E-state index contributed by atoms with van der Waals surface area (Å²) >= 11 is 0. The summed E-state index contributed by atoms with van der Waals surface area (Å²) in [6.07, 6.45) is 0. The fourth-order valence-corrected chi connectivity index (χ4v) is 1.49. The standard InChI is InChI=1S/C14H20N4O/c1-9(2)8-16-14(19)11(4)18-13-12(7-15)6-5-10(3)17-13/h5-6,9,11H,8H2,1-4H3,(H,16,19)(H,17,18). The molecule has 0 aliphatic rings. The lowest BCUT2D eigenvalue weighted by Gasteiger charge is -2.16. The number of aryl methyl sites for hydroxylation is 1. The fourth-order valence-electron chi connectivity index (χ4n) is 1.49. The molecule has 1 heterocycles. The van der Waals surface area contributed by atoms with Gasteiger partial charge in [-0.25, -0.2) is 4.98 Å². The summed E-state index contributed by atoms with van der Waals surface area (Å²) in [7, 11) is 0. The molecule has 0 aliphatic heterocycles. The van der Waals surface area contributed by atoms with E-state index in [9.17, 15) is 4.79 Å². The largest absolute Gasteiger partial charge is 0.358 e. The number of nitrogens with one attached hydrogen (secondary N) is 2. The van der Waals surface area contributed by atoms with Gasteiger partial charge in [0.25, 0.3) is 0 Å². The highest BCUT2D eigenvalue weighted by Crippen LogP contribution is 2.13. The summed E-state index contributed by atoms with van der Waals surface area (Å²) in [5.74, 6) is 0.763. The zero-order chi connectivity index (χ0) is 14.4. The smallest absolute Gasteiger partial charge is 0.242 e. The first kappa shape index (κ1) is 15.0. The van der Waals surface area contributed by atoms with Crippen LogP contribution in [0.2, 0.25) is 0 Å². The van der Waals surface area contributed by atoms with Gasteiger partial charge in [-0.3, -0.25) is 4.79 Å². The second-order valence-corrected chi connectivity index (χ2v) is 4.97. The van der Waals surface area contributed by atoms with Gasteiger partial charge >= 0.3 is 0 Å². The van der Waals surface area contributed by atoms with Gasteiger partial charge in [-0.05, 0) is 31.9 Å². The summed E-state index contributed by atoms with van der Waals surface area (Å²) < 4.78 is 0. The van der Waals surface area contributed by atoms with Crippen LogP contribution in [0.15, 0.2) is 12.1 Å². The number of nitrogens with zero attached hydrogens (tertiary/aromatic N) is 2. The quantitative estimate of drug-likeness (QED) is 0.846.